The van der Waals surface area contributed by atoms with Crippen LogP contribution in [0.4, 0.5) is 4.39 Å². The maximum Gasteiger partial charge on any atom is 0.130 e. The average molecular weight is 292 g/mol. The van der Waals surface area contributed by atoms with Crippen LogP contribution < -0.4 is 5.73 Å². The zero-order valence-corrected chi connectivity index (χ0v) is 10.6. The van der Waals surface area contributed by atoms with Crippen molar-refractivity contribution in [1.82, 2.24) is 0 Å². The summed E-state index contributed by atoms with van der Waals surface area (Å²) in [5, 5.41) is 8.72. The number of aliphatic hydroxyl groups excluding tert-OH is 1. The van der Waals surface area contributed by atoms with Crippen LogP contribution in [-0.4, -0.2) is 24.9 Å². The predicted octanol–water partition coefficient (Wildman–Crippen LogP) is 1.77. The fraction of sp³-hybridized carbons (Fsp3) is 0.455. The number of ether oxygens (including phenoxy) is 1. The molecule has 0 heterocycles. The smallest absolute Gasteiger partial charge is 0.130 e. The molecule has 16 heavy (non-hydrogen) atoms. The molecule has 0 bridgehead atoms. The second-order valence-electron chi connectivity index (χ2n) is 3.63. The molecule has 0 aliphatic carbocycles. The van der Waals surface area contributed by atoms with Gasteiger partial charge < -0.3 is 15.6 Å². The van der Waals surface area contributed by atoms with Crippen molar-refractivity contribution >= 4 is 15.9 Å². The third kappa shape index (κ3) is 3.01. The summed E-state index contributed by atoms with van der Waals surface area (Å²) in [5.74, 6) is -0.375. The van der Waals surface area contributed by atoms with Crippen molar-refractivity contribution in [3.05, 3.63) is 34.1 Å². The Balaban J connectivity index is 3.02. The van der Waals surface area contributed by atoms with Gasteiger partial charge in [-0.1, -0.05) is 22.0 Å². The van der Waals surface area contributed by atoms with E-state index in [0.717, 1.165) is 0 Å². The van der Waals surface area contributed by atoms with Gasteiger partial charge in [0, 0.05) is 16.6 Å². The normalized spacial score (nSPS) is 14.8. The Morgan fingerprint density at radius 2 is 2.25 bits per heavy atom. The first-order chi connectivity index (χ1) is 7.53. The van der Waals surface area contributed by atoms with Crippen LogP contribution in [0.1, 0.15) is 12.5 Å². The lowest BCUT2D eigenvalue weighted by Gasteiger charge is -2.29. The first kappa shape index (κ1) is 13.6. The van der Waals surface area contributed by atoms with E-state index in [9.17, 15) is 4.39 Å². The van der Waals surface area contributed by atoms with E-state index in [1.54, 1.807) is 19.1 Å². The van der Waals surface area contributed by atoms with Crippen LogP contribution in [0.3, 0.4) is 0 Å². The van der Waals surface area contributed by atoms with E-state index >= 15 is 0 Å². The molecule has 5 heteroatoms. The van der Waals surface area contributed by atoms with Crippen molar-refractivity contribution in [2.75, 3.05) is 19.8 Å². The molecule has 1 aromatic carbocycles. The number of hydrogen-bond acceptors (Lipinski definition) is 3. The van der Waals surface area contributed by atoms with Gasteiger partial charge in [-0.25, -0.2) is 4.39 Å². The highest BCUT2D eigenvalue weighted by Crippen LogP contribution is 2.28. The molecule has 1 aromatic rings. The lowest BCUT2D eigenvalue weighted by molar-refractivity contribution is -0.0457. The topological polar surface area (TPSA) is 55.5 Å². The average Bonchev–Trinajstić information content (AvgIpc) is 2.26. The zero-order chi connectivity index (χ0) is 12.2. The second kappa shape index (κ2) is 5.72. The van der Waals surface area contributed by atoms with Gasteiger partial charge in [0.25, 0.3) is 0 Å². The van der Waals surface area contributed by atoms with Crippen molar-refractivity contribution in [1.29, 1.82) is 0 Å². The predicted molar refractivity (Wildman–Crippen MR) is 63.5 cm³/mol. The van der Waals surface area contributed by atoms with E-state index in [0.29, 0.717) is 10.0 Å². The first-order valence-corrected chi connectivity index (χ1v) is 5.73. The third-order valence-electron chi connectivity index (χ3n) is 2.40. The maximum atomic E-state index is 13.7. The van der Waals surface area contributed by atoms with Crippen LogP contribution in [-0.2, 0) is 10.3 Å². The summed E-state index contributed by atoms with van der Waals surface area (Å²) in [6, 6.07) is 4.73. The largest absolute Gasteiger partial charge is 0.394 e. The Morgan fingerprint density at radius 3 is 2.75 bits per heavy atom. The minimum atomic E-state index is -0.909. The molecular formula is C11H15BrFNO2. The van der Waals surface area contributed by atoms with Crippen molar-refractivity contribution < 1.29 is 14.2 Å². The fourth-order valence-corrected chi connectivity index (χ4v) is 1.77. The number of nitrogens with two attached hydrogens (primary N) is 1. The quantitative estimate of drug-likeness (QED) is 0.869. The van der Waals surface area contributed by atoms with Gasteiger partial charge in [0.1, 0.15) is 11.4 Å². The Morgan fingerprint density at radius 1 is 1.56 bits per heavy atom. The molecule has 0 aromatic heterocycles. The Hall–Kier alpha value is -0.490. The highest BCUT2D eigenvalue weighted by atomic mass is 79.9. The standard InChI is InChI=1S/C11H15BrFNO2/c1-11(7-14,16-5-4-15)9-3-2-8(12)6-10(9)13/h2-3,6,15H,4-5,7,14H2,1H3. The number of halogens is 2. The summed E-state index contributed by atoms with van der Waals surface area (Å²) in [6.45, 7) is 1.86. The van der Waals surface area contributed by atoms with E-state index in [4.69, 9.17) is 15.6 Å². The van der Waals surface area contributed by atoms with Crippen molar-refractivity contribution in [2.45, 2.75) is 12.5 Å². The minimum Gasteiger partial charge on any atom is -0.394 e. The first-order valence-electron chi connectivity index (χ1n) is 4.94. The van der Waals surface area contributed by atoms with Gasteiger partial charge in [-0.2, -0.15) is 0 Å². The highest BCUT2D eigenvalue weighted by Gasteiger charge is 2.28. The Bertz CT molecular complexity index is 362. The van der Waals surface area contributed by atoms with Gasteiger partial charge in [0.2, 0.25) is 0 Å². The molecule has 0 fully saturated rings. The Labute approximate surface area is 103 Å². The summed E-state index contributed by atoms with van der Waals surface area (Å²) >= 11 is 3.19. The highest BCUT2D eigenvalue weighted by molar-refractivity contribution is 9.10. The number of hydrogen-bond donors (Lipinski definition) is 2. The van der Waals surface area contributed by atoms with Crippen molar-refractivity contribution in [2.24, 2.45) is 5.73 Å². The van der Waals surface area contributed by atoms with E-state index < -0.39 is 5.60 Å². The fourth-order valence-electron chi connectivity index (χ4n) is 1.44. The van der Waals surface area contributed by atoms with Crippen LogP contribution in [0.25, 0.3) is 0 Å². The molecule has 0 radical (unpaired) electrons. The molecule has 90 valence electrons. The number of rotatable bonds is 5. The Kier molecular flexibility index (Phi) is 4.86. The second-order valence-corrected chi connectivity index (χ2v) is 4.55. The molecule has 0 spiro atoms. The molecule has 0 amide bonds. The molecule has 3 nitrogen and oxygen atoms in total. The molecule has 1 unspecified atom stereocenters. The van der Waals surface area contributed by atoms with Crippen LogP contribution >= 0.6 is 15.9 Å². The molecule has 0 aliphatic heterocycles. The molecule has 1 rings (SSSR count). The van der Waals surface area contributed by atoms with Gasteiger partial charge >= 0.3 is 0 Å². The summed E-state index contributed by atoms with van der Waals surface area (Å²) < 4.78 is 19.8. The number of aliphatic hydroxyl groups is 1. The summed E-state index contributed by atoms with van der Waals surface area (Å²) in [6.07, 6.45) is 0. The number of benzene rings is 1. The monoisotopic (exact) mass is 291 g/mol. The van der Waals surface area contributed by atoms with Crippen molar-refractivity contribution in [3.8, 4) is 0 Å². The molecular weight excluding hydrogens is 277 g/mol. The molecule has 3 N–H and O–H groups in total. The summed E-state index contributed by atoms with van der Waals surface area (Å²) in [7, 11) is 0. The minimum absolute atomic E-state index is 0.117. The zero-order valence-electron chi connectivity index (χ0n) is 9.04. The van der Waals surface area contributed by atoms with Crippen LogP contribution in [0.15, 0.2) is 22.7 Å². The SMILES string of the molecule is CC(CN)(OCCO)c1ccc(Br)cc1F. The van der Waals surface area contributed by atoms with Crippen LogP contribution in [0, 0.1) is 5.82 Å². The van der Waals surface area contributed by atoms with E-state index in [1.165, 1.54) is 6.07 Å². The van der Waals surface area contributed by atoms with E-state index in [2.05, 4.69) is 15.9 Å². The van der Waals surface area contributed by atoms with Gasteiger partial charge in [-0.15, -0.1) is 0 Å². The summed E-state index contributed by atoms with van der Waals surface area (Å²) in [4.78, 5) is 0. The van der Waals surface area contributed by atoms with Crippen LogP contribution in [0.2, 0.25) is 0 Å². The maximum absolute atomic E-state index is 13.7. The van der Waals surface area contributed by atoms with Gasteiger partial charge in [0.05, 0.1) is 13.2 Å². The van der Waals surface area contributed by atoms with E-state index in [-0.39, 0.29) is 25.6 Å². The molecule has 0 saturated heterocycles. The van der Waals surface area contributed by atoms with Crippen molar-refractivity contribution in [3.63, 3.8) is 0 Å². The molecule has 0 aliphatic rings. The lowest BCUT2D eigenvalue weighted by Crippen LogP contribution is -2.36. The summed E-state index contributed by atoms with van der Waals surface area (Å²) in [5.41, 5.74) is 5.09. The molecule has 1 atom stereocenters. The lowest BCUT2D eigenvalue weighted by atomic mass is 9.95. The van der Waals surface area contributed by atoms with Gasteiger partial charge in [-0.05, 0) is 19.1 Å². The van der Waals surface area contributed by atoms with Crippen LogP contribution in [0.5, 0.6) is 0 Å². The van der Waals surface area contributed by atoms with Gasteiger partial charge in [0.15, 0.2) is 0 Å². The molecule has 0 saturated carbocycles. The third-order valence-corrected chi connectivity index (χ3v) is 2.90. The van der Waals surface area contributed by atoms with E-state index in [1.807, 2.05) is 0 Å². The van der Waals surface area contributed by atoms with Gasteiger partial charge in [-0.3, -0.25) is 0 Å².